The van der Waals surface area contributed by atoms with Gasteiger partial charge in [-0.25, -0.2) is 4.79 Å². The summed E-state index contributed by atoms with van der Waals surface area (Å²) in [6, 6.07) is 10.9. The van der Waals surface area contributed by atoms with Gasteiger partial charge < -0.3 is 4.74 Å². The number of carbonyl (C=O) groups is 1. The number of aromatic nitrogens is 1. The minimum atomic E-state index is -0.334. The number of pyridine rings is 1. The number of nitrogens with zero attached hydrogens (tertiary/aromatic N) is 1. The molecule has 0 unspecified atom stereocenters. The van der Waals surface area contributed by atoms with Gasteiger partial charge in [0.25, 0.3) is 0 Å². The molecule has 0 radical (unpaired) electrons. The van der Waals surface area contributed by atoms with E-state index in [-0.39, 0.29) is 13.4 Å². The molecule has 1 aromatic heterocycles. The molecule has 4 heteroatoms. The molecule has 0 saturated carbocycles. The van der Waals surface area contributed by atoms with Gasteiger partial charge >= 0.3 is 5.97 Å². The first-order chi connectivity index (χ1) is 10.1. The van der Waals surface area contributed by atoms with Gasteiger partial charge in [0, 0.05) is 16.2 Å². The lowest BCUT2D eigenvalue weighted by Crippen LogP contribution is -2.00. The topological polar surface area (TPSA) is 39.2 Å². The Morgan fingerprint density at radius 1 is 1.14 bits per heavy atom. The van der Waals surface area contributed by atoms with E-state index in [1.54, 1.807) is 18.3 Å². The monoisotopic (exact) mass is 361 g/mol. The molecule has 0 saturated heterocycles. The first kappa shape index (κ1) is 19.9. The number of methoxy groups -OCH3 is 1. The third-order valence-corrected chi connectivity index (χ3v) is 3.07. The maximum Gasteiger partial charge on any atom is 0.337 e. The van der Waals surface area contributed by atoms with Crippen LogP contribution in [-0.4, -0.2) is 18.1 Å². The van der Waals surface area contributed by atoms with E-state index in [9.17, 15) is 4.79 Å². The van der Waals surface area contributed by atoms with Crippen molar-refractivity contribution >= 4 is 21.9 Å². The summed E-state index contributed by atoms with van der Waals surface area (Å²) in [6.07, 6.45) is 1.73. The first-order valence-electron chi connectivity index (χ1n) is 6.26. The predicted octanol–water partition coefficient (Wildman–Crippen LogP) is 4.96. The van der Waals surface area contributed by atoms with Crippen molar-refractivity contribution in [1.29, 1.82) is 0 Å². The van der Waals surface area contributed by atoms with Crippen LogP contribution < -0.4 is 0 Å². The average Bonchev–Trinajstić information content (AvgIpc) is 2.54. The van der Waals surface area contributed by atoms with Crippen LogP contribution in [0.2, 0.25) is 0 Å². The van der Waals surface area contributed by atoms with Crippen LogP contribution in [0.4, 0.5) is 0 Å². The van der Waals surface area contributed by atoms with Crippen LogP contribution in [0, 0.1) is 11.8 Å². The highest BCUT2D eigenvalue weighted by atomic mass is 79.9. The van der Waals surface area contributed by atoms with E-state index >= 15 is 0 Å². The third kappa shape index (κ3) is 6.11. The highest BCUT2D eigenvalue weighted by Crippen LogP contribution is 2.20. The SMILES string of the molecule is C.CC#CC.COC(=O)c1ccc(-c2cc(Br)ccn2)cc1. The van der Waals surface area contributed by atoms with Crippen molar-refractivity contribution in [3.05, 3.63) is 52.6 Å². The molecular formula is C18H20BrNO2. The van der Waals surface area contributed by atoms with Crippen molar-refractivity contribution in [3.8, 4) is 23.1 Å². The Kier molecular flexibility index (Phi) is 9.56. The summed E-state index contributed by atoms with van der Waals surface area (Å²) in [4.78, 5) is 15.5. The van der Waals surface area contributed by atoms with E-state index in [0.717, 1.165) is 15.7 Å². The normalized spacial score (nSPS) is 8.36. The number of carbonyl (C=O) groups excluding carboxylic acids is 1. The van der Waals surface area contributed by atoms with E-state index in [1.807, 2.05) is 38.1 Å². The summed E-state index contributed by atoms with van der Waals surface area (Å²) < 4.78 is 5.61. The molecule has 0 N–H and O–H groups in total. The third-order valence-electron chi connectivity index (χ3n) is 2.57. The molecule has 0 amide bonds. The van der Waals surface area contributed by atoms with Crippen molar-refractivity contribution in [2.75, 3.05) is 7.11 Å². The summed E-state index contributed by atoms with van der Waals surface area (Å²) in [6.45, 7) is 3.64. The lowest BCUT2D eigenvalue weighted by molar-refractivity contribution is 0.0601. The zero-order valence-electron chi connectivity index (χ0n) is 12.2. The molecule has 0 atom stereocenters. The maximum absolute atomic E-state index is 11.3. The van der Waals surface area contributed by atoms with E-state index in [1.165, 1.54) is 7.11 Å². The van der Waals surface area contributed by atoms with Crippen molar-refractivity contribution in [2.24, 2.45) is 0 Å². The minimum absolute atomic E-state index is 0. The molecule has 1 aromatic carbocycles. The van der Waals surface area contributed by atoms with Gasteiger partial charge in [-0.15, -0.1) is 11.8 Å². The second kappa shape index (κ2) is 10.6. The summed E-state index contributed by atoms with van der Waals surface area (Å²) in [7, 11) is 1.37. The number of rotatable bonds is 2. The molecule has 116 valence electrons. The molecular weight excluding hydrogens is 342 g/mol. The van der Waals surface area contributed by atoms with Gasteiger partial charge in [0.1, 0.15) is 0 Å². The van der Waals surface area contributed by atoms with E-state index in [4.69, 9.17) is 0 Å². The van der Waals surface area contributed by atoms with Gasteiger partial charge in [-0.2, -0.15) is 0 Å². The smallest absolute Gasteiger partial charge is 0.337 e. The highest BCUT2D eigenvalue weighted by Gasteiger charge is 2.05. The summed E-state index contributed by atoms with van der Waals surface area (Å²) in [5.74, 6) is 5.03. The van der Waals surface area contributed by atoms with Gasteiger partial charge in [-0.3, -0.25) is 4.98 Å². The molecule has 2 aromatic rings. The second-order valence-electron chi connectivity index (χ2n) is 3.93. The summed E-state index contributed by atoms with van der Waals surface area (Å²) in [5, 5.41) is 0. The van der Waals surface area contributed by atoms with Crippen molar-refractivity contribution in [1.82, 2.24) is 4.98 Å². The lowest BCUT2D eigenvalue weighted by atomic mass is 10.1. The number of hydrogen-bond donors (Lipinski definition) is 0. The Balaban J connectivity index is 0.000000791. The Bertz CT molecular complexity index is 649. The van der Waals surface area contributed by atoms with Gasteiger partial charge in [0.2, 0.25) is 0 Å². The van der Waals surface area contributed by atoms with Crippen molar-refractivity contribution in [3.63, 3.8) is 0 Å². The second-order valence-corrected chi connectivity index (χ2v) is 4.84. The molecule has 3 nitrogen and oxygen atoms in total. The Morgan fingerprint density at radius 3 is 2.18 bits per heavy atom. The van der Waals surface area contributed by atoms with Crippen LogP contribution in [0.25, 0.3) is 11.3 Å². The molecule has 0 spiro atoms. The number of benzene rings is 1. The van der Waals surface area contributed by atoms with Crippen LogP contribution in [0.5, 0.6) is 0 Å². The average molecular weight is 362 g/mol. The van der Waals surface area contributed by atoms with E-state index < -0.39 is 0 Å². The molecule has 0 aliphatic carbocycles. The molecule has 0 fully saturated rings. The number of halogens is 1. The molecule has 0 aliphatic rings. The fraction of sp³-hybridized carbons (Fsp3) is 0.222. The van der Waals surface area contributed by atoms with Gasteiger partial charge in [-0.1, -0.05) is 35.5 Å². The van der Waals surface area contributed by atoms with Gasteiger partial charge in [-0.05, 0) is 38.1 Å². The lowest BCUT2D eigenvalue weighted by Gasteiger charge is -2.03. The highest BCUT2D eigenvalue weighted by molar-refractivity contribution is 9.10. The molecule has 22 heavy (non-hydrogen) atoms. The quantitative estimate of drug-likeness (QED) is 0.560. The summed E-state index contributed by atoms with van der Waals surface area (Å²) in [5.41, 5.74) is 2.35. The number of ether oxygens (including phenoxy) is 1. The van der Waals surface area contributed by atoms with Crippen molar-refractivity contribution < 1.29 is 9.53 Å². The molecule has 2 rings (SSSR count). The zero-order valence-corrected chi connectivity index (χ0v) is 13.8. The molecule has 0 bridgehead atoms. The standard InChI is InChI=1S/C13H10BrNO2.C4H6.CH4/c1-17-13(16)10-4-2-9(3-5-10)12-8-11(14)6-7-15-12;1-3-4-2;/h2-8H,1H3;1-2H3;1H4. The first-order valence-corrected chi connectivity index (χ1v) is 7.05. The Morgan fingerprint density at radius 2 is 1.73 bits per heavy atom. The Labute approximate surface area is 140 Å². The molecule has 0 aliphatic heterocycles. The van der Waals surface area contributed by atoms with Crippen LogP contribution in [-0.2, 0) is 4.74 Å². The van der Waals surface area contributed by atoms with Gasteiger partial charge in [0.05, 0.1) is 18.4 Å². The van der Waals surface area contributed by atoms with Crippen molar-refractivity contribution in [2.45, 2.75) is 21.3 Å². The van der Waals surface area contributed by atoms with Crippen LogP contribution in [0.15, 0.2) is 47.1 Å². The van der Waals surface area contributed by atoms with Crippen LogP contribution in [0.3, 0.4) is 0 Å². The minimum Gasteiger partial charge on any atom is -0.465 e. The number of esters is 1. The summed E-state index contributed by atoms with van der Waals surface area (Å²) >= 11 is 3.39. The fourth-order valence-corrected chi connectivity index (χ4v) is 1.79. The maximum atomic E-state index is 11.3. The zero-order chi connectivity index (χ0) is 15.7. The Hall–Kier alpha value is -2.12. The largest absolute Gasteiger partial charge is 0.465 e. The number of hydrogen-bond acceptors (Lipinski definition) is 3. The van der Waals surface area contributed by atoms with Gasteiger partial charge in [0.15, 0.2) is 0 Å². The predicted molar refractivity (Wildman–Crippen MR) is 94.6 cm³/mol. The van der Waals surface area contributed by atoms with Crippen LogP contribution >= 0.6 is 15.9 Å². The van der Waals surface area contributed by atoms with Crippen LogP contribution in [0.1, 0.15) is 31.6 Å². The van der Waals surface area contributed by atoms with E-state index in [2.05, 4.69) is 37.5 Å². The fourth-order valence-electron chi connectivity index (χ4n) is 1.46. The molecule has 1 heterocycles. The van der Waals surface area contributed by atoms with E-state index in [0.29, 0.717) is 5.56 Å².